The second kappa shape index (κ2) is 4.89. The Morgan fingerprint density at radius 2 is 1.94 bits per heavy atom. The van der Waals surface area contributed by atoms with Crippen LogP contribution in [-0.2, 0) is 9.53 Å². The molecular formula is C14H22N2O2. The van der Waals surface area contributed by atoms with Crippen molar-refractivity contribution < 1.29 is 9.53 Å². The molecule has 0 aromatic rings. The van der Waals surface area contributed by atoms with E-state index in [1.54, 1.807) is 0 Å². The van der Waals surface area contributed by atoms with Crippen LogP contribution in [0.15, 0.2) is 0 Å². The largest absolute Gasteiger partial charge is 0.381 e. The summed E-state index contributed by atoms with van der Waals surface area (Å²) in [7, 11) is 0. The van der Waals surface area contributed by atoms with Crippen LogP contribution in [0.3, 0.4) is 0 Å². The number of amides is 1. The number of nitrogens with zero attached hydrogens (tertiary/aromatic N) is 1. The Morgan fingerprint density at radius 3 is 2.39 bits per heavy atom. The van der Waals surface area contributed by atoms with Crippen molar-refractivity contribution in [3.05, 3.63) is 0 Å². The average Bonchev–Trinajstić information content (AvgIpc) is 3.18. The monoisotopic (exact) mass is 250 g/mol. The second-order valence-corrected chi connectivity index (χ2v) is 6.01. The van der Waals surface area contributed by atoms with Gasteiger partial charge in [-0.15, -0.1) is 0 Å². The van der Waals surface area contributed by atoms with E-state index in [-0.39, 0.29) is 11.3 Å². The number of hydrogen-bond acceptors (Lipinski definition) is 3. The first-order chi connectivity index (χ1) is 8.55. The van der Waals surface area contributed by atoms with Crippen molar-refractivity contribution in [3.63, 3.8) is 0 Å². The predicted molar refractivity (Wildman–Crippen MR) is 67.6 cm³/mol. The fraction of sp³-hybridized carbons (Fsp3) is 0.857. The zero-order chi connectivity index (χ0) is 13.2. The molecule has 1 heterocycles. The molecule has 1 aliphatic carbocycles. The van der Waals surface area contributed by atoms with E-state index in [0.717, 1.165) is 0 Å². The van der Waals surface area contributed by atoms with Crippen LogP contribution in [0.25, 0.3) is 0 Å². The van der Waals surface area contributed by atoms with E-state index in [1.165, 1.54) is 12.8 Å². The highest BCUT2D eigenvalue weighted by atomic mass is 16.5. The van der Waals surface area contributed by atoms with Gasteiger partial charge in [-0.2, -0.15) is 5.26 Å². The van der Waals surface area contributed by atoms with Gasteiger partial charge in [0.1, 0.15) is 5.41 Å². The van der Waals surface area contributed by atoms with Gasteiger partial charge in [0.05, 0.1) is 6.07 Å². The van der Waals surface area contributed by atoms with Crippen molar-refractivity contribution >= 4 is 5.91 Å². The number of nitriles is 1. The summed E-state index contributed by atoms with van der Waals surface area (Å²) in [4.78, 5) is 12.3. The Kier molecular flexibility index (Phi) is 3.63. The maximum Gasteiger partial charge on any atom is 0.240 e. The maximum atomic E-state index is 12.3. The van der Waals surface area contributed by atoms with E-state index in [9.17, 15) is 10.1 Å². The highest BCUT2D eigenvalue weighted by Crippen LogP contribution is 2.51. The normalized spacial score (nSPS) is 24.3. The molecule has 100 valence electrons. The lowest BCUT2D eigenvalue weighted by Crippen LogP contribution is -2.46. The van der Waals surface area contributed by atoms with Crippen LogP contribution in [0.2, 0.25) is 0 Å². The summed E-state index contributed by atoms with van der Waals surface area (Å²) in [6.07, 6.45) is 3.41. The molecule has 0 aromatic carbocycles. The summed E-state index contributed by atoms with van der Waals surface area (Å²) in [6, 6.07) is 2.21. The molecule has 2 aliphatic rings. The minimum Gasteiger partial charge on any atom is -0.381 e. The Labute approximate surface area is 109 Å². The van der Waals surface area contributed by atoms with E-state index in [0.29, 0.717) is 38.5 Å². The molecule has 0 aromatic heterocycles. The first kappa shape index (κ1) is 13.4. The predicted octanol–water partition coefficient (Wildman–Crippen LogP) is 1.86. The third kappa shape index (κ3) is 2.37. The minimum absolute atomic E-state index is 0.0970. The molecule has 1 N–H and O–H groups in total. The van der Waals surface area contributed by atoms with E-state index >= 15 is 0 Å². The molecular weight excluding hydrogens is 228 g/mol. The molecule has 0 radical (unpaired) electrons. The van der Waals surface area contributed by atoms with Crippen molar-refractivity contribution in [1.29, 1.82) is 5.26 Å². The number of rotatable bonds is 4. The van der Waals surface area contributed by atoms with Crippen LogP contribution in [0, 0.1) is 28.1 Å². The molecule has 4 nitrogen and oxygen atoms in total. The minimum atomic E-state index is -0.856. The molecule has 4 heteroatoms. The van der Waals surface area contributed by atoms with Gasteiger partial charge in [-0.1, -0.05) is 13.8 Å². The van der Waals surface area contributed by atoms with Gasteiger partial charge in [0, 0.05) is 19.8 Å². The van der Waals surface area contributed by atoms with Gasteiger partial charge in [0.2, 0.25) is 5.91 Å². The van der Waals surface area contributed by atoms with Gasteiger partial charge in [0.15, 0.2) is 0 Å². The molecule has 18 heavy (non-hydrogen) atoms. The number of carbonyl (C=O) groups excluding carboxylic acids is 1. The Hall–Kier alpha value is -1.08. The number of nitrogens with one attached hydrogen (secondary N) is 1. The van der Waals surface area contributed by atoms with E-state index in [4.69, 9.17) is 4.74 Å². The Bertz CT molecular complexity index is 360. The third-order valence-electron chi connectivity index (χ3n) is 4.71. The molecule has 1 saturated carbocycles. The summed E-state index contributed by atoms with van der Waals surface area (Å²) in [5.74, 6) is 0.491. The van der Waals surface area contributed by atoms with Gasteiger partial charge in [-0.25, -0.2) is 0 Å². The van der Waals surface area contributed by atoms with Crippen LogP contribution < -0.4 is 5.32 Å². The topological polar surface area (TPSA) is 62.1 Å². The molecule has 1 aliphatic heterocycles. The molecule has 0 bridgehead atoms. The van der Waals surface area contributed by atoms with Crippen molar-refractivity contribution in [2.24, 2.45) is 16.7 Å². The standard InChI is InChI=1S/C14H22N2O2/c1-11(2)14(3-4-14)10-16-12(17)13(9-15)5-7-18-8-6-13/h11H,3-8,10H2,1-2H3,(H,16,17). The van der Waals surface area contributed by atoms with Crippen LogP contribution in [0.4, 0.5) is 0 Å². The van der Waals surface area contributed by atoms with Gasteiger partial charge in [-0.05, 0) is 37.0 Å². The quantitative estimate of drug-likeness (QED) is 0.828. The molecule has 1 saturated heterocycles. The smallest absolute Gasteiger partial charge is 0.240 e. The van der Waals surface area contributed by atoms with Gasteiger partial charge in [-0.3, -0.25) is 4.79 Å². The van der Waals surface area contributed by atoms with Gasteiger partial charge in [0.25, 0.3) is 0 Å². The first-order valence-corrected chi connectivity index (χ1v) is 6.82. The highest BCUT2D eigenvalue weighted by molar-refractivity contribution is 5.85. The van der Waals surface area contributed by atoms with Crippen LogP contribution in [-0.4, -0.2) is 25.7 Å². The van der Waals surface area contributed by atoms with Gasteiger partial charge < -0.3 is 10.1 Å². The van der Waals surface area contributed by atoms with E-state index in [2.05, 4.69) is 25.2 Å². The van der Waals surface area contributed by atoms with E-state index < -0.39 is 5.41 Å². The molecule has 1 amide bonds. The van der Waals surface area contributed by atoms with E-state index in [1.807, 2.05) is 0 Å². The summed E-state index contributed by atoms with van der Waals surface area (Å²) < 4.78 is 5.24. The third-order valence-corrected chi connectivity index (χ3v) is 4.71. The van der Waals surface area contributed by atoms with Gasteiger partial charge >= 0.3 is 0 Å². The lowest BCUT2D eigenvalue weighted by molar-refractivity contribution is -0.132. The summed E-state index contributed by atoms with van der Waals surface area (Å²) >= 11 is 0. The summed E-state index contributed by atoms with van der Waals surface area (Å²) in [6.45, 7) is 6.14. The van der Waals surface area contributed by atoms with Crippen LogP contribution in [0.5, 0.6) is 0 Å². The zero-order valence-corrected chi connectivity index (χ0v) is 11.3. The second-order valence-electron chi connectivity index (χ2n) is 6.01. The highest BCUT2D eigenvalue weighted by Gasteiger charge is 2.47. The van der Waals surface area contributed by atoms with Crippen molar-refractivity contribution in [3.8, 4) is 6.07 Å². The molecule has 2 rings (SSSR count). The lowest BCUT2D eigenvalue weighted by atomic mass is 9.80. The Balaban J connectivity index is 1.93. The van der Waals surface area contributed by atoms with Crippen molar-refractivity contribution in [1.82, 2.24) is 5.32 Å². The first-order valence-electron chi connectivity index (χ1n) is 6.82. The number of ether oxygens (including phenoxy) is 1. The number of hydrogen-bond donors (Lipinski definition) is 1. The summed E-state index contributed by atoms with van der Waals surface area (Å²) in [5.41, 5.74) is -0.567. The average molecular weight is 250 g/mol. The maximum absolute atomic E-state index is 12.3. The molecule has 0 atom stereocenters. The lowest BCUT2D eigenvalue weighted by Gasteiger charge is -2.30. The molecule has 2 fully saturated rings. The zero-order valence-electron chi connectivity index (χ0n) is 11.3. The molecule has 0 spiro atoms. The SMILES string of the molecule is CC(C)C1(CNC(=O)C2(C#N)CCOCC2)CC1. The van der Waals surface area contributed by atoms with Crippen molar-refractivity contribution in [2.45, 2.75) is 39.5 Å². The van der Waals surface area contributed by atoms with Crippen LogP contribution in [0.1, 0.15) is 39.5 Å². The number of carbonyl (C=O) groups is 1. The fourth-order valence-corrected chi connectivity index (χ4v) is 2.65. The summed E-state index contributed by atoms with van der Waals surface area (Å²) in [5, 5.41) is 12.3. The molecule has 0 unspecified atom stereocenters. The van der Waals surface area contributed by atoms with Crippen molar-refractivity contribution in [2.75, 3.05) is 19.8 Å². The fourth-order valence-electron chi connectivity index (χ4n) is 2.65. The van der Waals surface area contributed by atoms with Crippen LogP contribution >= 0.6 is 0 Å². The Morgan fingerprint density at radius 1 is 1.33 bits per heavy atom.